The summed E-state index contributed by atoms with van der Waals surface area (Å²) in [5, 5.41) is 2.04. The van der Waals surface area contributed by atoms with Crippen molar-refractivity contribution in [2.75, 3.05) is 14.2 Å². The molecule has 0 spiro atoms. The third-order valence-corrected chi connectivity index (χ3v) is 4.50. The molecule has 4 nitrogen and oxygen atoms in total. The van der Waals surface area contributed by atoms with Crippen LogP contribution >= 0.6 is 0 Å². The minimum Gasteiger partial charge on any atom is -0.493 e. The number of aromatic nitrogens is 1. The Kier molecular flexibility index (Phi) is 3.17. The van der Waals surface area contributed by atoms with Crippen molar-refractivity contribution in [1.29, 1.82) is 0 Å². The van der Waals surface area contributed by atoms with E-state index in [-0.39, 0.29) is 0 Å². The van der Waals surface area contributed by atoms with Gasteiger partial charge in [0.05, 0.1) is 27.7 Å². The van der Waals surface area contributed by atoms with Crippen LogP contribution in [0.15, 0.2) is 22.7 Å². The molecule has 110 valence electrons. The predicted octanol–water partition coefficient (Wildman–Crippen LogP) is 3.38. The number of furan rings is 1. The molecular formula is C16H19NO3Si. The number of benzene rings is 1. The lowest BCUT2D eigenvalue weighted by Gasteiger charge is -2.10. The fourth-order valence-electron chi connectivity index (χ4n) is 2.56. The number of hydrogen-bond acceptors (Lipinski definition) is 4. The third-order valence-electron chi connectivity index (χ3n) is 3.37. The van der Waals surface area contributed by atoms with Crippen molar-refractivity contribution in [2.24, 2.45) is 0 Å². The monoisotopic (exact) mass is 301 g/mol. The Morgan fingerprint density at radius 2 is 1.95 bits per heavy atom. The Hall–Kier alpha value is -2.01. The quantitative estimate of drug-likeness (QED) is 0.696. The lowest BCUT2D eigenvalue weighted by Crippen LogP contribution is -2.19. The predicted molar refractivity (Wildman–Crippen MR) is 87.6 cm³/mol. The van der Waals surface area contributed by atoms with E-state index in [1.807, 2.05) is 12.1 Å². The minimum absolute atomic E-state index is 0.649. The average Bonchev–Trinajstić information content (AvgIpc) is 2.76. The first kappa shape index (κ1) is 13.9. The Balaban J connectivity index is 2.51. The lowest BCUT2D eigenvalue weighted by molar-refractivity contribution is 0.358. The first-order valence-corrected chi connectivity index (χ1v) is 10.5. The van der Waals surface area contributed by atoms with Crippen molar-refractivity contribution < 1.29 is 13.9 Å². The molecule has 0 N–H and O–H groups in total. The Morgan fingerprint density at radius 3 is 2.57 bits per heavy atom. The first-order valence-electron chi connectivity index (χ1n) is 6.89. The molecule has 0 saturated carbocycles. The second-order valence-electron chi connectivity index (χ2n) is 6.17. The highest BCUT2D eigenvalue weighted by Crippen LogP contribution is 2.38. The second kappa shape index (κ2) is 4.77. The average molecular weight is 301 g/mol. The fraction of sp³-hybridized carbons (Fsp3) is 0.312. The van der Waals surface area contributed by atoms with Crippen molar-refractivity contribution in [3.05, 3.63) is 23.7 Å². The highest BCUT2D eigenvalue weighted by Gasteiger charge is 2.19. The van der Waals surface area contributed by atoms with Gasteiger partial charge in [0.15, 0.2) is 11.5 Å². The molecule has 3 aromatic rings. The van der Waals surface area contributed by atoms with E-state index in [2.05, 4.69) is 30.3 Å². The van der Waals surface area contributed by atoms with Gasteiger partial charge in [0.2, 0.25) is 0 Å². The van der Waals surface area contributed by atoms with Gasteiger partial charge < -0.3 is 13.9 Å². The van der Waals surface area contributed by atoms with E-state index in [9.17, 15) is 0 Å². The van der Waals surface area contributed by atoms with Crippen LogP contribution in [-0.4, -0.2) is 27.3 Å². The van der Waals surface area contributed by atoms with Gasteiger partial charge in [-0.2, -0.15) is 0 Å². The van der Waals surface area contributed by atoms with Gasteiger partial charge in [0.1, 0.15) is 16.5 Å². The summed E-state index contributed by atoms with van der Waals surface area (Å²) in [6.07, 6.45) is 1.74. The van der Waals surface area contributed by atoms with Gasteiger partial charge in [-0.25, -0.2) is 0 Å². The van der Waals surface area contributed by atoms with Crippen LogP contribution in [0.5, 0.6) is 11.5 Å². The zero-order chi connectivity index (χ0) is 15.2. The Bertz CT molecular complexity index is 861. The maximum Gasteiger partial charge on any atom is 0.187 e. The second-order valence-corrected chi connectivity index (χ2v) is 11.2. The van der Waals surface area contributed by atoms with Gasteiger partial charge in [-0.1, -0.05) is 25.3 Å². The van der Waals surface area contributed by atoms with Crippen LogP contribution in [0, 0.1) is 0 Å². The van der Waals surface area contributed by atoms with Crippen molar-refractivity contribution >= 4 is 35.6 Å². The van der Waals surface area contributed by atoms with Crippen LogP contribution in [-0.2, 0) is 0 Å². The standard InChI is InChI=1S/C16H19NO3Si/c1-18-12-8-10-13(9-21(3,4)5)20-11-6-7-17-15(14(10)11)16(12)19-2/h6-9H,1-5H3/b13-9-. The van der Waals surface area contributed by atoms with E-state index < -0.39 is 8.07 Å². The largest absolute Gasteiger partial charge is 0.493 e. The molecule has 0 aliphatic rings. The molecule has 0 fully saturated rings. The summed E-state index contributed by atoms with van der Waals surface area (Å²) < 4.78 is 17.0. The molecule has 0 atom stereocenters. The van der Waals surface area contributed by atoms with E-state index >= 15 is 0 Å². The SMILES string of the molecule is COc1cc2/c(=C/[Si](C)(C)C)oc3ccnc(c1OC)c32. The van der Waals surface area contributed by atoms with Crippen LogP contribution in [0.2, 0.25) is 19.6 Å². The van der Waals surface area contributed by atoms with Gasteiger partial charge in [0, 0.05) is 11.6 Å². The van der Waals surface area contributed by atoms with Gasteiger partial charge >= 0.3 is 0 Å². The summed E-state index contributed by atoms with van der Waals surface area (Å²) in [4.78, 5) is 4.45. The maximum atomic E-state index is 6.04. The number of hydrogen-bond donors (Lipinski definition) is 0. The molecule has 0 saturated heterocycles. The molecular weight excluding hydrogens is 282 g/mol. The highest BCUT2D eigenvalue weighted by atomic mass is 28.3. The third kappa shape index (κ3) is 2.27. The van der Waals surface area contributed by atoms with Crippen LogP contribution in [0.1, 0.15) is 0 Å². The molecule has 2 heterocycles. The molecule has 0 amide bonds. The van der Waals surface area contributed by atoms with Crippen LogP contribution in [0.3, 0.4) is 0 Å². The van der Waals surface area contributed by atoms with E-state index in [0.29, 0.717) is 11.5 Å². The van der Waals surface area contributed by atoms with Gasteiger partial charge in [0.25, 0.3) is 0 Å². The summed E-state index contributed by atoms with van der Waals surface area (Å²) in [5.41, 5.74) is 4.78. The molecule has 3 rings (SSSR count). The summed E-state index contributed by atoms with van der Waals surface area (Å²) in [5.74, 6) is 1.33. The van der Waals surface area contributed by atoms with Gasteiger partial charge in [-0.15, -0.1) is 0 Å². The highest BCUT2D eigenvalue weighted by molar-refractivity contribution is 6.88. The molecule has 0 radical (unpaired) electrons. The Labute approximate surface area is 124 Å². The number of rotatable bonds is 3. The lowest BCUT2D eigenvalue weighted by atomic mass is 10.1. The smallest absolute Gasteiger partial charge is 0.187 e. The molecule has 0 aliphatic carbocycles. The number of methoxy groups -OCH3 is 2. The number of pyridine rings is 1. The van der Waals surface area contributed by atoms with Crippen molar-refractivity contribution in [2.45, 2.75) is 19.6 Å². The first-order chi connectivity index (χ1) is 9.94. The molecule has 0 bridgehead atoms. The zero-order valence-corrected chi connectivity index (χ0v) is 14.0. The van der Waals surface area contributed by atoms with E-state index in [0.717, 1.165) is 27.3 Å². The fourth-order valence-corrected chi connectivity index (χ4v) is 3.57. The van der Waals surface area contributed by atoms with E-state index in [4.69, 9.17) is 13.9 Å². The summed E-state index contributed by atoms with van der Waals surface area (Å²) in [7, 11) is 1.86. The Morgan fingerprint density at radius 1 is 1.19 bits per heavy atom. The van der Waals surface area contributed by atoms with Crippen molar-refractivity contribution in [3.8, 4) is 11.5 Å². The minimum atomic E-state index is -1.41. The van der Waals surface area contributed by atoms with Crippen LogP contribution in [0.25, 0.3) is 27.6 Å². The van der Waals surface area contributed by atoms with Crippen LogP contribution in [0.4, 0.5) is 0 Å². The molecule has 21 heavy (non-hydrogen) atoms. The topological polar surface area (TPSA) is 44.5 Å². The molecule has 2 aromatic heterocycles. The summed E-state index contributed by atoms with van der Waals surface area (Å²) in [6, 6.07) is 3.87. The molecule has 5 heteroatoms. The van der Waals surface area contributed by atoms with Crippen molar-refractivity contribution in [3.63, 3.8) is 0 Å². The molecule has 0 aliphatic heterocycles. The zero-order valence-electron chi connectivity index (χ0n) is 13.0. The summed E-state index contributed by atoms with van der Waals surface area (Å²) in [6.45, 7) is 6.84. The van der Waals surface area contributed by atoms with E-state index in [1.54, 1.807) is 20.4 Å². The normalized spacial score (nSPS) is 13.3. The molecule has 1 aromatic carbocycles. The van der Waals surface area contributed by atoms with Crippen molar-refractivity contribution in [1.82, 2.24) is 4.98 Å². The van der Waals surface area contributed by atoms with Crippen LogP contribution < -0.4 is 14.9 Å². The number of ether oxygens (including phenoxy) is 2. The van der Waals surface area contributed by atoms with Gasteiger partial charge in [-0.3, -0.25) is 4.98 Å². The van der Waals surface area contributed by atoms with E-state index in [1.165, 1.54) is 0 Å². The summed E-state index contributed by atoms with van der Waals surface area (Å²) >= 11 is 0. The molecule has 0 unspecified atom stereocenters. The van der Waals surface area contributed by atoms with Gasteiger partial charge in [-0.05, 0) is 12.1 Å². The maximum absolute atomic E-state index is 6.04. The number of nitrogens with zero attached hydrogens (tertiary/aromatic N) is 1.